The van der Waals surface area contributed by atoms with E-state index in [9.17, 15) is 4.79 Å². The van der Waals surface area contributed by atoms with Crippen molar-refractivity contribution in [1.29, 1.82) is 0 Å². The van der Waals surface area contributed by atoms with E-state index in [-0.39, 0.29) is 36.0 Å². The molecule has 0 aliphatic rings. The fraction of sp³-hybridized carbons (Fsp3) is 0.571. The van der Waals surface area contributed by atoms with E-state index in [1.54, 1.807) is 7.05 Å². The van der Waals surface area contributed by atoms with E-state index in [0.29, 0.717) is 18.9 Å². The minimum absolute atomic E-state index is 0. The molecule has 0 fully saturated rings. The van der Waals surface area contributed by atoms with Gasteiger partial charge in [0.05, 0.1) is 13.5 Å². The molecular formula is C14H24IN3O2S. The summed E-state index contributed by atoms with van der Waals surface area (Å²) in [7, 11) is 3.11. The summed E-state index contributed by atoms with van der Waals surface area (Å²) in [4.78, 5) is 17.9. The summed E-state index contributed by atoms with van der Waals surface area (Å²) in [5, 5.41) is 6.41. The lowest BCUT2D eigenvalue weighted by Crippen LogP contribution is -2.43. The highest BCUT2D eigenvalue weighted by atomic mass is 127. The second-order valence-electron chi connectivity index (χ2n) is 4.59. The van der Waals surface area contributed by atoms with Crippen molar-refractivity contribution in [2.24, 2.45) is 4.99 Å². The first-order chi connectivity index (χ1) is 9.55. The lowest BCUT2D eigenvalue weighted by Gasteiger charge is -2.17. The van der Waals surface area contributed by atoms with Crippen LogP contribution in [0.25, 0.3) is 0 Å². The normalized spacial score (nSPS) is 12.3. The minimum atomic E-state index is -0.227. The van der Waals surface area contributed by atoms with E-state index in [1.165, 1.54) is 16.9 Å². The van der Waals surface area contributed by atoms with E-state index < -0.39 is 0 Å². The van der Waals surface area contributed by atoms with Crippen molar-refractivity contribution < 1.29 is 9.53 Å². The van der Waals surface area contributed by atoms with Gasteiger partial charge in [-0.1, -0.05) is 0 Å². The Morgan fingerprint density at radius 3 is 2.71 bits per heavy atom. The van der Waals surface area contributed by atoms with Gasteiger partial charge in [-0.05, 0) is 26.0 Å². The molecule has 1 heterocycles. The van der Waals surface area contributed by atoms with Crippen LogP contribution in [0.5, 0.6) is 0 Å². The largest absolute Gasteiger partial charge is 0.469 e. The lowest BCUT2D eigenvalue weighted by molar-refractivity contribution is -0.140. The van der Waals surface area contributed by atoms with Gasteiger partial charge < -0.3 is 15.4 Å². The van der Waals surface area contributed by atoms with E-state index in [2.05, 4.69) is 46.3 Å². The Morgan fingerprint density at radius 2 is 2.19 bits per heavy atom. The molecule has 0 bridgehead atoms. The zero-order valence-corrected chi connectivity index (χ0v) is 16.1. The SMILES string of the molecule is CN=C(NCCC(=O)OC)NC(C)Cc1ccc(C)s1.I. The fourth-order valence-electron chi connectivity index (χ4n) is 1.76. The minimum Gasteiger partial charge on any atom is -0.469 e. The van der Waals surface area contributed by atoms with E-state index >= 15 is 0 Å². The number of nitrogens with zero attached hydrogens (tertiary/aromatic N) is 1. The van der Waals surface area contributed by atoms with Crippen molar-refractivity contribution in [3.05, 3.63) is 21.9 Å². The Morgan fingerprint density at radius 1 is 1.48 bits per heavy atom. The Balaban J connectivity index is 0.00000400. The Bertz CT molecular complexity index is 463. The van der Waals surface area contributed by atoms with Crippen LogP contribution in [0.3, 0.4) is 0 Å². The highest BCUT2D eigenvalue weighted by Gasteiger charge is 2.08. The molecule has 0 aliphatic heterocycles. The monoisotopic (exact) mass is 425 g/mol. The zero-order valence-electron chi connectivity index (χ0n) is 12.9. The van der Waals surface area contributed by atoms with Crippen LogP contribution in [0, 0.1) is 6.92 Å². The van der Waals surface area contributed by atoms with E-state index in [0.717, 1.165) is 6.42 Å². The summed E-state index contributed by atoms with van der Waals surface area (Å²) < 4.78 is 4.59. The number of thiophene rings is 1. The third-order valence-electron chi connectivity index (χ3n) is 2.76. The second-order valence-corrected chi connectivity index (χ2v) is 5.96. The molecular weight excluding hydrogens is 401 g/mol. The molecule has 0 spiro atoms. The van der Waals surface area contributed by atoms with Gasteiger partial charge >= 0.3 is 5.97 Å². The summed E-state index contributed by atoms with van der Waals surface area (Å²) in [5.74, 6) is 0.477. The molecule has 21 heavy (non-hydrogen) atoms. The Hall–Kier alpha value is -0.830. The number of esters is 1. The van der Waals surface area contributed by atoms with Crippen LogP contribution in [-0.2, 0) is 16.0 Å². The number of aryl methyl sites for hydroxylation is 1. The summed E-state index contributed by atoms with van der Waals surface area (Å²) in [6, 6.07) is 4.57. The molecule has 7 heteroatoms. The first-order valence-corrected chi connectivity index (χ1v) is 7.46. The number of carbonyl (C=O) groups is 1. The molecule has 120 valence electrons. The Kier molecular flexibility index (Phi) is 10.4. The van der Waals surface area contributed by atoms with Gasteiger partial charge in [-0.3, -0.25) is 9.79 Å². The van der Waals surface area contributed by atoms with E-state index in [1.807, 2.05) is 11.3 Å². The third kappa shape index (κ3) is 8.25. The average molecular weight is 425 g/mol. The molecule has 1 atom stereocenters. The molecule has 0 aromatic carbocycles. The highest BCUT2D eigenvalue weighted by Crippen LogP contribution is 2.16. The number of nitrogens with one attached hydrogen (secondary N) is 2. The molecule has 0 saturated carbocycles. The average Bonchev–Trinajstić information content (AvgIpc) is 2.82. The number of hydrogen-bond acceptors (Lipinski definition) is 4. The van der Waals surface area contributed by atoms with Crippen molar-refractivity contribution in [2.45, 2.75) is 32.7 Å². The van der Waals surface area contributed by atoms with Gasteiger partial charge in [-0.15, -0.1) is 35.3 Å². The summed E-state index contributed by atoms with van der Waals surface area (Å²) in [5.41, 5.74) is 0. The number of ether oxygens (including phenoxy) is 1. The highest BCUT2D eigenvalue weighted by molar-refractivity contribution is 14.0. The number of carbonyl (C=O) groups excluding carboxylic acids is 1. The summed E-state index contributed by atoms with van der Waals surface area (Å²) in [6.45, 7) is 4.74. The predicted molar refractivity (Wildman–Crippen MR) is 98.8 cm³/mol. The number of rotatable bonds is 6. The molecule has 2 N–H and O–H groups in total. The van der Waals surface area contributed by atoms with Crippen LogP contribution in [0.15, 0.2) is 17.1 Å². The van der Waals surface area contributed by atoms with Gasteiger partial charge in [-0.2, -0.15) is 0 Å². The van der Waals surface area contributed by atoms with Gasteiger partial charge in [0, 0.05) is 35.8 Å². The van der Waals surface area contributed by atoms with Gasteiger partial charge in [0.2, 0.25) is 0 Å². The molecule has 1 rings (SSSR count). The lowest BCUT2D eigenvalue weighted by atomic mass is 10.2. The Labute approximate surface area is 147 Å². The molecule has 0 saturated heterocycles. The van der Waals surface area contributed by atoms with Crippen LogP contribution in [0.2, 0.25) is 0 Å². The van der Waals surface area contributed by atoms with Gasteiger partial charge in [-0.25, -0.2) is 0 Å². The van der Waals surface area contributed by atoms with Crippen LogP contribution >= 0.6 is 35.3 Å². The standard InChI is InChI=1S/C14H23N3O2S.HI/c1-10(9-12-6-5-11(2)20-12)17-14(15-3)16-8-7-13(18)19-4;/h5-6,10H,7-9H2,1-4H3,(H2,15,16,17);1H. The van der Waals surface area contributed by atoms with Gasteiger partial charge in [0.25, 0.3) is 0 Å². The molecule has 0 aliphatic carbocycles. The maximum atomic E-state index is 11.0. The maximum Gasteiger partial charge on any atom is 0.307 e. The number of hydrogen-bond donors (Lipinski definition) is 2. The number of halogens is 1. The fourth-order valence-corrected chi connectivity index (χ4v) is 2.78. The maximum absolute atomic E-state index is 11.0. The first kappa shape index (κ1) is 20.2. The number of guanidine groups is 1. The van der Waals surface area contributed by atoms with Crippen LogP contribution in [0.4, 0.5) is 0 Å². The smallest absolute Gasteiger partial charge is 0.307 e. The number of methoxy groups -OCH3 is 1. The van der Waals surface area contributed by atoms with E-state index in [4.69, 9.17) is 0 Å². The topological polar surface area (TPSA) is 62.7 Å². The number of aliphatic imine (C=N–C) groups is 1. The summed E-state index contributed by atoms with van der Waals surface area (Å²) >= 11 is 1.81. The van der Waals surface area contributed by atoms with Crippen molar-refractivity contribution in [2.75, 3.05) is 20.7 Å². The van der Waals surface area contributed by atoms with Gasteiger partial charge in [0.15, 0.2) is 5.96 Å². The zero-order chi connectivity index (χ0) is 15.0. The van der Waals surface area contributed by atoms with Crippen LogP contribution in [-0.4, -0.2) is 38.7 Å². The van der Waals surface area contributed by atoms with Gasteiger partial charge in [0.1, 0.15) is 0 Å². The molecule has 1 unspecified atom stereocenters. The second kappa shape index (κ2) is 10.8. The van der Waals surface area contributed by atoms with Crippen molar-refractivity contribution in [1.82, 2.24) is 10.6 Å². The molecule has 0 radical (unpaired) electrons. The summed E-state index contributed by atoms with van der Waals surface area (Å²) in [6.07, 6.45) is 1.28. The molecule has 1 aromatic rings. The predicted octanol–water partition coefficient (Wildman–Crippen LogP) is 2.33. The molecule has 5 nitrogen and oxygen atoms in total. The van der Waals surface area contributed by atoms with Crippen LogP contribution < -0.4 is 10.6 Å². The van der Waals surface area contributed by atoms with Crippen molar-refractivity contribution >= 4 is 47.2 Å². The van der Waals surface area contributed by atoms with Crippen LogP contribution in [0.1, 0.15) is 23.1 Å². The first-order valence-electron chi connectivity index (χ1n) is 6.64. The molecule has 1 aromatic heterocycles. The quantitative estimate of drug-likeness (QED) is 0.318. The van der Waals surface area contributed by atoms with Crippen molar-refractivity contribution in [3.63, 3.8) is 0 Å². The van der Waals surface area contributed by atoms with Crippen molar-refractivity contribution in [3.8, 4) is 0 Å². The molecule has 0 amide bonds. The third-order valence-corrected chi connectivity index (χ3v) is 3.78.